The second-order valence-corrected chi connectivity index (χ2v) is 12.0. The van der Waals surface area contributed by atoms with Gasteiger partial charge in [0.15, 0.2) is 0 Å². The third-order valence-electron chi connectivity index (χ3n) is 7.48. The lowest BCUT2D eigenvalue weighted by molar-refractivity contribution is 0.0934. The number of aliphatic hydroxyl groups is 1. The van der Waals surface area contributed by atoms with Crippen LogP contribution in [0.1, 0.15) is 66.1 Å². The second-order valence-electron chi connectivity index (χ2n) is 11.0. The van der Waals surface area contributed by atoms with Crippen molar-refractivity contribution in [2.45, 2.75) is 52.5 Å². The SMILES string of the molecule is CC(C)(C)[C@H]1CCc2nc3sc(C(=O)NC(CCO)c4ccc(-c5ccc(=O)[nH]c5)cc4)cc3cc2C1. The Labute approximate surface area is 220 Å². The van der Waals surface area contributed by atoms with Crippen LogP contribution >= 0.6 is 11.3 Å². The molecular weight excluding hydrogens is 482 g/mol. The van der Waals surface area contributed by atoms with E-state index in [1.165, 1.54) is 28.7 Å². The minimum Gasteiger partial charge on any atom is -0.396 e. The Bertz CT molecular complexity index is 1460. The van der Waals surface area contributed by atoms with Crippen molar-refractivity contribution < 1.29 is 9.90 Å². The van der Waals surface area contributed by atoms with E-state index in [4.69, 9.17) is 4.98 Å². The number of thiophene rings is 1. The molecule has 5 rings (SSSR count). The fourth-order valence-electron chi connectivity index (χ4n) is 5.15. The normalized spacial score (nSPS) is 16.4. The van der Waals surface area contributed by atoms with Crippen LogP contribution in [0.2, 0.25) is 0 Å². The summed E-state index contributed by atoms with van der Waals surface area (Å²) in [6.07, 6.45) is 5.26. The standard InChI is InChI=1S/C30H33N3O3S/c1-30(2,3)23-9-10-24-21(15-23)14-22-16-26(37-29(22)33-24)28(36)32-25(12-13-34)19-6-4-18(5-7-19)20-8-11-27(35)31-17-20/h4-8,11,14,16-17,23,25,34H,9-10,12-13,15H2,1-3H3,(H,31,35)(H,32,36)/t23-,25?/m0/s1. The Balaban J connectivity index is 1.34. The van der Waals surface area contributed by atoms with Gasteiger partial charge in [0, 0.05) is 30.0 Å². The van der Waals surface area contributed by atoms with Crippen LogP contribution < -0.4 is 10.9 Å². The lowest BCUT2D eigenvalue weighted by atomic mass is 9.71. The van der Waals surface area contributed by atoms with Gasteiger partial charge in [0.1, 0.15) is 4.83 Å². The number of nitrogens with zero attached hydrogens (tertiary/aromatic N) is 1. The second kappa shape index (κ2) is 10.2. The summed E-state index contributed by atoms with van der Waals surface area (Å²) in [6.45, 7) is 6.88. The topological polar surface area (TPSA) is 95.1 Å². The van der Waals surface area contributed by atoms with Gasteiger partial charge >= 0.3 is 0 Å². The summed E-state index contributed by atoms with van der Waals surface area (Å²) >= 11 is 1.43. The number of aliphatic hydroxyl groups excluding tert-OH is 1. The highest BCUT2D eigenvalue weighted by atomic mass is 32.1. The number of amides is 1. The fourth-order valence-corrected chi connectivity index (χ4v) is 6.09. The van der Waals surface area contributed by atoms with E-state index in [-0.39, 0.29) is 29.5 Å². The first kappa shape index (κ1) is 25.4. The average Bonchev–Trinajstić information content (AvgIpc) is 3.30. The molecule has 1 aliphatic rings. The number of nitrogens with one attached hydrogen (secondary N) is 2. The maximum Gasteiger partial charge on any atom is 0.261 e. The largest absolute Gasteiger partial charge is 0.396 e. The number of pyridine rings is 2. The highest BCUT2D eigenvalue weighted by Crippen LogP contribution is 2.38. The van der Waals surface area contributed by atoms with Gasteiger partial charge in [0.05, 0.1) is 10.9 Å². The fraction of sp³-hybridized carbons (Fsp3) is 0.367. The molecule has 6 nitrogen and oxygen atoms in total. The van der Waals surface area contributed by atoms with E-state index in [9.17, 15) is 14.7 Å². The molecule has 1 aliphatic carbocycles. The Kier molecular flexibility index (Phi) is 7.01. The van der Waals surface area contributed by atoms with Crippen LogP contribution in [0.5, 0.6) is 0 Å². The Morgan fingerprint density at radius 1 is 1.16 bits per heavy atom. The van der Waals surface area contributed by atoms with E-state index in [1.807, 2.05) is 30.3 Å². The van der Waals surface area contributed by atoms with E-state index in [0.29, 0.717) is 17.2 Å². The van der Waals surface area contributed by atoms with Gasteiger partial charge in [-0.3, -0.25) is 9.59 Å². The number of hydrogen-bond acceptors (Lipinski definition) is 5. The lowest BCUT2D eigenvalue weighted by Crippen LogP contribution is -2.28. The summed E-state index contributed by atoms with van der Waals surface area (Å²) in [5.41, 5.74) is 5.39. The van der Waals surface area contributed by atoms with Gasteiger partial charge in [-0.15, -0.1) is 11.3 Å². The molecule has 37 heavy (non-hydrogen) atoms. The molecular formula is C30H33N3O3S. The summed E-state index contributed by atoms with van der Waals surface area (Å²) in [5.74, 6) is 0.479. The van der Waals surface area contributed by atoms with Gasteiger partial charge < -0.3 is 15.4 Å². The number of aryl methyl sites for hydroxylation is 1. The highest BCUT2D eigenvalue weighted by Gasteiger charge is 2.30. The van der Waals surface area contributed by atoms with E-state index >= 15 is 0 Å². The predicted octanol–water partition coefficient (Wildman–Crippen LogP) is 5.66. The molecule has 1 unspecified atom stereocenters. The highest BCUT2D eigenvalue weighted by molar-refractivity contribution is 7.20. The zero-order valence-corrected chi connectivity index (χ0v) is 22.3. The summed E-state index contributed by atoms with van der Waals surface area (Å²) < 4.78 is 0. The Hall–Kier alpha value is -3.29. The molecule has 0 fully saturated rings. The van der Waals surface area contributed by atoms with Gasteiger partial charge in [-0.25, -0.2) is 4.98 Å². The van der Waals surface area contributed by atoms with Gasteiger partial charge in [-0.2, -0.15) is 0 Å². The van der Waals surface area contributed by atoms with Crippen molar-refractivity contribution >= 4 is 27.5 Å². The molecule has 0 spiro atoms. The minimum atomic E-state index is -0.318. The van der Waals surface area contributed by atoms with Gasteiger partial charge in [0.2, 0.25) is 5.56 Å². The van der Waals surface area contributed by atoms with Gasteiger partial charge in [0.25, 0.3) is 5.91 Å². The number of fused-ring (bicyclic) bond motifs is 2. The number of carbonyl (C=O) groups is 1. The first-order chi connectivity index (χ1) is 17.7. The van der Waals surface area contributed by atoms with Crippen molar-refractivity contribution in [2.24, 2.45) is 11.3 Å². The van der Waals surface area contributed by atoms with Crippen molar-refractivity contribution in [3.05, 3.63) is 86.8 Å². The van der Waals surface area contributed by atoms with Crippen molar-refractivity contribution in [1.82, 2.24) is 15.3 Å². The number of aromatic nitrogens is 2. The van der Waals surface area contributed by atoms with Crippen LogP contribution in [0.15, 0.2) is 59.5 Å². The number of hydrogen-bond donors (Lipinski definition) is 3. The maximum atomic E-state index is 13.3. The van der Waals surface area contributed by atoms with Crippen molar-refractivity contribution in [1.29, 1.82) is 0 Å². The molecule has 0 aliphatic heterocycles. The van der Waals surface area contributed by atoms with Crippen LogP contribution in [0.3, 0.4) is 0 Å². The number of H-pyrrole nitrogens is 1. The quantitative estimate of drug-likeness (QED) is 0.309. The molecule has 1 aromatic carbocycles. The van der Waals surface area contributed by atoms with Crippen LogP contribution in [-0.4, -0.2) is 27.6 Å². The zero-order valence-electron chi connectivity index (χ0n) is 21.5. The summed E-state index contributed by atoms with van der Waals surface area (Å²) in [5, 5.41) is 13.8. The third-order valence-corrected chi connectivity index (χ3v) is 8.52. The molecule has 3 N–H and O–H groups in total. The summed E-state index contributed by atoms with van der Waals surface area (Å²) in [6, 6.07) is 14.9. The molecule has 0 saturated carbocycles. The average molecular weight is 516 g/mol. The van der Waals surface area contributed by atoms with Gasteiger partial charge in [-0.05, 0) is 77.5 Å². The number of benzene rings is 1. The molecule has 4 aromatic rings. The molecule has 1 amide bonds. The molecule has 0 saturated heterocycles. The van der Waals surface area contributed by atoms with E-state index < -0.39 is 0 Å². The van der Waals surface area contributed by atoms with E-state index in [0.717, 1.165) is 46.2 Å². The molecule has 3 aromatic heterocycles. The molecule has 3 heterocycles. The first-order valence-corrected chi connectivity index (χ1v) is 13.7. The predicted molar refractivity (Wildman–Crippen MR) is 149 cm³/mol. The van der Waals surface area contributed by atoms with Crippen LogP contribution in [-0.2, 0) is 12.8 Å². The Morgan fingerprint density at radius 2 is 1.92 bits per heavy atom. The molecule has 192 valence electrons. The van der Waals surface area contributed by atoms with Crippen LogP contribution in [0.25, 0.3) is 21.3 Å². The lowest BCUT2D eigenvalue weighted by Gasteiger charge is -2.34. The summed E-state index contributed by atoms with van der Waals surface area (Å²) in [7, 11) is 0. The smallest absolute Gasteiger partial charge is 0.261 e. The molecule has 7 heteroatoms. The number of aromatic amines is 1. The zero-order chi connectivity index (χ0) is 26.2. The number of rotatable bonds is 6. The number of carbonyl (C=O) groups excluding carboxylic acids is 1. The van der Waals surface area contributed by atoms with E-state index in [2.05, 4.69) is 37.1 Å². The molecule has 2 atom stereocenters. The van der Waals surface area contributed by atoms with Gasteiger partial charge in [-0.1, -0.05) is 45.0 Å². The minimum absolute atomic E-state index is 0.0394. The van der Waals surface area contributed by atoms with Crippen LogP contribution in [0, 0.1) is 11.3 Å². The van der Waals surface area contributed by atoms with Crippen molar-refractivity contribution in [3.63, 3.8) is 0 Å². The molecule has 0 bridgehead atoms. The van der Waals surface area contributed by atoms with E-state index in [1.54, 1.807) is 12.3 Å². The monoisotopic (exact) mass is 515 g/mol. The van der Waals surface area contributed by atoms with Crippen LogP contribution in [0.4, 0.5) is 0 Å². The molecule has 0 radical (unpaired) electrons. The summed E-state index contributed by atoms with van der Waals surface area (Å²) in [4.78, 5) is 33.7. The third kappa shape index (κ3) is 5.53. The van der Waals surface area contributed by atoms with Crippen molar-refractivity contribution in [2.75, 3.05) is 6.61 Å². The first-order valence-electron chi connectivity index (χ1n) is 12.8. The Morgan fingerprint density at radius 3 is 2.59 bits per heavy atom. The maximum absolute atomic E-state index is 13.3. The van der Waals surface area contributed by atoms with Crippen molar-refractivity contribution in [3.8, 4) is 11.1 Å².